The summed E-state index contributed by atoms with van der Waals surface area (Å²) in [5, 5.41) is 12.5. The zero-order chi connectivity index (χ0) is 9.97. The van der Waals surface area contributed by atoms with Crippen LogP contribution in [0.15, 0.2) is 42.5 Å². The lowest BCUT2D eigenvalue weighted by Crippen LogP contribution is -2.00. The third-order valence-electron chi connectivity index (χ3n) is 2.26. The van der Waals surface area contributed by atoms with Crippen LogP contribution in [0.5, 0.6) is 0 Å². The highest BCUT2D eigenvalue weighted by Crippen LogP contribution is 2.19. The maximum atomic E-state index is 12.4. The summed E-state index contributed by atoms with van der Waals surface area (Å²) < 4.78 is 12.4. The van der Waals surface area contributed by atoms with E-state index in [1.807, 2.05) is 36.4 Å². The molecule has 1 nitrogen and oxygen atoms in total. The average molecular weight is 189 g/mol. The van der Waals surface area contributed by atoms with Crippen LogP contribution in [0.2, 0.25) is 0 Å². The summed E-state index contributed by atoms with van der Waals surface area (Å²) in [4.78, 5) is 0. The Labute approximate surface area is 81.8 Å². The molecular weight excluding hydrogens is 179 g/mol. The van der Waals surface area contributed by atoms with Crippen molar-refractivity contribution in [2.24, 2.45) is 0 Å². The predicted octanol–water partition coefficient (Wildman–Crippen LogP) is 3.11. The first-order chi connectivity index (χ1) is 6.77. The van der Waals surface area contributed by atoms with Gasteiger partial charge in [-0.05, 0) is 16.3 Å². The monoisotopic (exact) mass is 189 g/mol. The Morgan fingerprint density at radius 3 is 2.57 bits per heavy atom. The van der Waals surface area contributed by atoms with Crippen molar-refractivity contribution >= 4 is 10.8 Å². The lowest BCUT2D eigenvalue weighted by molar-refractivity contribution is -0.0208. The van der Waals surface area contributed by atoms with E-state index in [9.17, 15) is 9.50 Å². The normalized spacial score (nSPS) is 13.0. The van der Waals surface area contributed by atoms with Crippen molar-refractivity contribution in [2.75, 3.05) is 0 Å². The van der Waals surface area contributed by atoms with Gasteiger partial charge in [0.1, 0.15) is 0 Å². The van der Waals surface area contributed by atoms with Crippen LogP contribution in [0.25, 0.3) is 10.8 Å². The van der Waals surface area contributed by atoms with Gasteiger partial charge in [-0.3, -0.25) is 0 Å². The molecule has 2 aromatic carbocycles. The van der Waals surface area contributed by atoms with Gasteiger partial charge in [-0.25, -0.2) is 4.39 Å². The van der Waals surface area contributed by atoms with Crippen LogP contribution >= 0.6 is 0 Å². The summed E-state index contributed by atoms with van der Waals surface area (Å²) in [6.45, 7) is 0. The molecule has 0 spiro atoms. The van der Waals surface area contributed by atoms with Gasteiger partial charge >= 0.3 is 0 Å². The highest BCUT2D eigenvalue weighted by molar-refractivity contribution is 5.85. The second kappa shape index (κ2) is 3.76. The molecule has 2 rings (SSSR count). The summed E-state index contributed by atoms with van der Waals surface area (Å²) in [5.41, 5.74) is 0.783. The Kier molecular flexibility index (Phi) is 2.46. The van der Waals surface area contributed by atoms with Crippen LogP contribution in [0, 0.1) is 0 Å². The highest BCUT2D eigenvalue weighted by Gasteiger charge is 2.06. The van der Waals surface area contributed by atoms with E-state index in [0.717, 1.165) is 16.3 Å². The third kappa shape index (κ3) is 1.75. The van der Waals surface area contributed by atoms with Crippen LogP contribution in [0.4, 0.5) is 4.39 Å². The van der Waals surface area contributed by atoms with Crippen LogP contribution in [0.1, 0.15) is 5.56 Å². The van der Waals surface area contributed by atoms with Crippen LogP contribution in [0.3, 0.4) is 0 Å². The minimum absolute atomic E-state index is 0.0542. The molecular formula is C12H10FO. The summed E-state index contributed by atoms with van der Waals surface area (Å²) in [7, 11) is 0. The first-order valence-electron chi connectivity index (χ1n) is 4.54. The molecule has 0 fully saturated rings. The van der Waals surface area contributed by atoms with E-state index in [0.29, 0.717) is 0 Å². The molecule has 0 saturated carbocycles. The molecule has 0 saturated heterocycles. The number of fused-ring (bicyclic) bond motifs is 1. The summed E-state index contributed by atoms with van der Waals surface area (Å²) in [6, 6.07) is 13.3. The first-order valence-corrected chi connectivity index (χ1v) is 4.54. The van der Waals surface area contributed by atoms with Gasteiger partial charge in [0.05, 0.1) is 0 Å². The molecule has 0 aliphatic carbocycles. The molecule has 14 heavy (non-hydrogen) atoms. The zero-order valence-corrected chi connectivity index (χ0v) is 7.61. The van der Waals surface area contributed by atoms with Crippen molar-refractivity contribution in [3.8, 4) is 0 Å². The van der Waals surface area contributed by atoms with Gasteiger partial charge in [-0.15, -0.1) is 0 Å². The van der Waals surface area contributed by atoms with Gasteiger partial charge in [0.25, 0.3) is 0 Å². The molecule has 0 aromatic heterocycles. The fourth-order valence-corrected chi connectivity index (χ4v) is 1.64. The molecule has 0 amide bonds. The molecule has 71 valence electrons. The molecule has 1 radical (unpaired) electrons. The van der Waals surface area contributed by atoms with Crippen molar-refractivity contribution in [2.45, 2.75) is 12.8 Å². The highest BCUT2D eigenvalue weighted by atomic mass is 19.1. The second-order valence-corrected chi connectivity index (χ2v) is 3.25. The van der Waals surface area contributed by atoms with Crippen molar-refractivity contribution < 1.29 is 9.50 Å². The van der Waals surface area contributed by atoms with Gasteiger partial charge < -0.3 is 0 Å². The van der Waals surface area contributed by atoms with Gasteiger partial charge in [-0.2, -0.15) is 5.11 Å². The summed E-state index contributed by atoms with van der Waals surface area (Å²) in [5.74, 6) is 0. The van der Waals surface area contributed by atoms with Crippen LogP contribution < -0.4 is 0 Å². The molecule has 1 unspecified atom stereocenters. The van der Waals surface area contributed by atoms with Crippen molar-refractivity contribution in [3.63, 3.8) is 0 Å². The van der Waals surface area contributed by atoms with Crippen molar-refractivity contribution in [1.82, 2.24) is 0 Å². The van der Waals surface area contributed by atoms with Crippen LogP contribution in [-0.4, -0.2) is 6.36 Å². The number of alkyl halides is 1. The molecule has 2 heteroatoms. The Morgan fingerprint density at radius 1 is 1.07 bits per heavy atom. The predicted molar refractivity (Wildman–Crippen MR) is 53.2 cm³/mol. The van der Waals surface area contributed by atoms with Gasteiger partial charge in [0.15, 0.2) is 0 Å². The van der Waals surface area contributed by atoms with Gasteiger partial charge in [0.2, 0.25) is 6.36 Å². The van der Waals surface area contributed by atoms with E-state index in [1.165, 1.54) is 0 Å². The Bertz CT molecular complexity index is 432. The number of halogens is 1. The van der Waals surface area contributed by atoms with E-state index >= 15 is 0 Å². The van der Waals surface area contributed by atoms with Crippen LogP contribution in [-0.2, 0) is 11.5 Å². The van der Waals surface area contributed by atoms with Crippen molar-refractivity contribution in [3.05, 3.63) is 48.0 Å². The molecule has 0 aliphatic rings. The maximum absolute atomic E-state index is 12.4. The molecule has 2 aromatic rings. The molecule has 0 heterocycles. The lowest BCUT2D eigenvalue weighted by atomic mass is 10.0. The Hall–Kier alpha value is -1.41. The molecule has 0 N–H and O–H groups in total. The SMILES string of the molecule is [O]C(F)Cc1cccc2ccccc12. The quantitative estimate of drug-likeness (QED) is 0.691. The summed E-state index contributed by atoms with van der Waals surface area (Å²) >= 11 is 0. The van der Waals surface area contributed by atoms with E-state index in [4.69, 9.17) is 0 Å². The largest absolute Gasteiger partial charge is 0.235 e. The lowest BCUT2D eigenvalue weighted by Gasteiger charge is -2.05. The standard InChI is InChI=1S/C12H10FO/c13-12(14)8-10-6-3-5-9-4-1-2-7-11(9)10/h1-7,12H,8H2. The topological polar surface area (TPSA) is 19.9 Å². The minimum Gasteiger partial charge on any atom is -0.213 e. The fourth-order valence-electron chi connectivity index (χ4n) is 1.64. The average Bonchev–Trinajstić information content (AvgIpc) is 2.18. The van der Waals surface area contributed by atoms with E-state index in [1.54, 1.807) is 6.07 Å². The summed E-state index contributed by atoms with van der Waals surface area (Å²) in [6.07, 6.45) is -2.08. The van der Waals surface area contributed by atoms with E-state index in [2.05, 4.69) is 0 Å². The van der Waals surface area contributed by atoms with Gasteiger partial charge in [-0.1, -0.05) is 42.5 Å². The van der Waals surface area contributed by atoms with Gasteiger partial charge in [0, 0.05) is 6.42 Å². The Balaban J connectivity index is 2.53. The smallest absolute Gasteiger partial charge is 0.213 e. The number of hydrogen-bond donors (Lipinski definition) is 0. The zero-order valence-electron chi connectivity index (χ0n) is 7.61. The van der Waals surface area contributed by atoms with E-state index in [-0.39, 0.29) is 6.42 Å². The minimum atomic E-state index is -2.03. The Morgan fingerprint density at radius 2 is 1.79 bits per heavy atom. The second-order valence-electron chi connectivity index (χ2n) is 3.25. The number of hydrogen-bond acceptors (Lipinski definition) is 0. The number of benzene rings is 2. The molecule has 1 atom stereocenters. The van der Waals surface area contributed by atoms with E-state index < -0.39 is 6.36 Å². The molecule has 0 bridgehead atoms. The third-order valence-corrected chi connectivity index (χ3v) is 2.26. The fraction of sp³-hybridized carbons (Fsp3) is 0.167. The molecule has 0 aliphatic heterocycles. The first kappa shape index (κ1) is 9.16. The maximum Gasteiger partial charge on any atom is 0.235 e. The van der Waals surface area contributed by atoms with Crippen molar-refractivity contribution in [1.29, 1.82) is 0 Å². The number of rotatable bonds is 2.